The molecule has 1 aromatic rings. The maximum absolute atomic E-state index is 12.9. The number of fused-ring (bicyclic) bond motifs is 2. The molecule has 2 N–H and O–H groups in total. The molecule has 0 radical (unpaired) electrons. The Morgan fingerprint density at radius 3 is 1.96 bits per heavy atom. The third kappa shape index (κ3) is 2.05. The molecule has 3 rings (SSSR count). The third-order valence-electron chi connectivity index (χ3n) is 5.91. The minimum absolute atomic E-state index is 0.157. The summed E-state index contributed by atoms with van der Waals surface area (Å²) in [4.78, 5) is 36.2. The number of hydrogen-bond acceptors (Lipinski definition) is 4. The summed E-state index contributed by atoms with van der Waals surface area (Å²) in [7, 11) is 0. The molecule has 1 aliphatic heterocycles. The molecule has 2 bridgehead atoms. The fraction of sp³-hybridized carbons (Fsp3) is 0.500. The van der Waals surface area contributed by atoms with Gasteiger partial charge in [0.05, 0.1) is 5.41 Å². The number of carbonyl (C=O) groups is 3. The first-order valence-corrected chi connectivity index (χ1v) is 8.05. The number of esters is 1. The molecule has 1 aromatic carbocycles. The Balaban J connectivity index is 1.81. The van der Waals surface area contributed by atoms with Crippen LogP contribution >= 0.6 is 0 Å². The van der Waals surface area contributed by atoms with E-state index in [-0.39, 0.29) is 17.8 Å². The van der Waals surface area contributed by atoms with Crippen LogP contribution in [0.3, 0.4) is 0 Å². The van der Waals surface area contributed by atoms with Crippen molar-refractivity contribution in [2.24, 2.45) is 10.8 Å². The van der Waals surface area contributed by atoms with Gasteiger partial charge in [-0.3, -0.25) is 14.4 Å². The highest BCUT2D eigenvalue weighted by Crippen LogP contribution is 2.65. The van der Waals surface area contributed by atoms with Gasteiger partial charge in [0.25, 0.3) is 5.91 Å². The molecule has 1 aliphatic carbocycles. The van der Waals surface area contributed by atoms with Crippen molar-refractivity contribution in [1.82, 2.24) is 0 Å². The molecule has 0 aromatic heterocycles. The second-order valence-corrected chi connectivity index (χ2v) is 7.39. The number of benzene rings is 1. The van der Waals surface area contributed by atoms with Crippen LogP contribution in [0.5, 0.6) is 0 Å². The second kappa shape index (κ2) is 5.06. The minimum Gasteiger partial charge on any atom is -0.448 e. The lowest BCUT2D eigenvalue weighted by atomic mass is 9.66. The summed E-state index contributed by atoms with van der Waals surface area (Å²) in [5.41, 5.74) is -1.08. The van der Waals surface area contributed by atoms with Crippen molar-refractivity contribution < 1.29 is 19.1 Å². The van der Waals surface area contributed by atoms with Gasteiger partial charge in [-0.05, 0) is 44.0 Å². The van der Waals surface area contributed by atoms with Gasteiger partial charge in [-0.25, -0.2) is 0 Å². The Hall–Kier alpha value is -2.37. The lowest BCUT2D eigenvalue weighted by Gasteiger charge is -2.35. The lowest BCUT2D eigenvalue weighted by Crippen LogP contribution is -2.50. The molecule has 6 heteroatoms. The zero-order valence-electron chi connectivity index (χ0n) is 14.4. The molecule has 1 saturated carbocycles. The Morgan fingerprint density at radius 2 is 1.54 bits per heavy atom. The predicted octanol–water partition coefficient (Wildman–Crippen LogP) is 2.71. The van der Waals surface area contributed by atoms with E-state index in [9.17, 15) is 14.4 Å². The van der Waals surface area contributed by atoms with Crippen LogP contribution in [0.15, 0.2) is 24.3 Å². The van der Waals surface area contributed by atoms with Gasteiger partial charge >= 0.3 is 5.97 Å². The van der Waals surface area contributed by atoms with Crippen molar-refractivity contribution in [2.45, 2.75) is 46.1 Å². The van der Waals surface area contributed by atoms with Crippen molar-refractivity contribution in [3.05, 3.63) is 24.3 Å². The second-order valence-electron chi connectivity index (χ2n) is 7.39. The molecular formula is C18H22N2O4. The van der Waals surface area contributed by atoms with Crippen LogP contribution in [-0.2, 0) is 19.1 Å². The predicted molar refractivity (Wildman–Crippen MR) is 89.3 cm³/mol. The molecule has 2 aliphatic rings. The summed E-state index contributed by atoms with van der Waals surface area (Å²) in [6.45, 7) is 7.15. The summed E-state index contributed by atoms with van der Waals surface area (Å²) in [6, 6.07) is 6.83. The molecule has 0 spiro atoms. The number of hydrogen-bond donors (Lipinski definition) is 2. The van der Waals surface area contributed by atoms with Crippen molar-refractivity contribution in [3.8, 4) is 0 Å². The van der Waals surface area contributed by atoms with E-state index in [1.807, 2.05) is 20.8 Å². The maximum Gasteiger partial charge on any atom is 0.313 e. The summed E-state index contributed by atoms with van der Waals surface area (Å²) >= 11 is 0. The molecule has 128 valence electrons. The van der Waals surface area contributed by atoms with Crippen molar-refractivity contribution in [3.63, 3.8) is 0 Å². The van der Waals surface area contributed by atoms with Crippen LogP contribution in [0.1, 0.15) is 40.5 Å². The van der Waals surface area contributed by atoms with Crippen molar-refractivity contribution >= 4 is 29.2 Å². The Bertz CT molecular complexity index is 725. The summed E-state index contributed by atoms with van der Waals surface area (Å²) in [6.07, 6.45) is 1.17. The molecule has 24 heavy (non-hydrogen) atoms. The molecule has 2 fully saturated rings. The first-order valence-electron chi connectivity index (χ1n) is 8.05. The van der Waals surface area contributed by atoms with E-state index in [4.69, 9.17) is 4.74 Å². The number of ether oxygens (including phenoxy) is 1. The maximum atomic E-state index is 12.9. The highest BCUT2D eigenvalue weighted by atomic mass is 16.6. The summed E-state index contributed by atoms with van der Waals surface area (Å²) in [5, 5.41) is 5.52. The molecule has 2 amide bonds. The normalized spacial score (nSPS) is 29.9. The Labute approximate surface area is 140 Å². The third-order valence-corrected chi connectivity index (χ3v) is 5.91. The minimum atomic E-state index is -1.13. The van der Waals surface area contributed by atoms with Crippen molar-refractivity contribution in [1.29, 1.82) is 0 Å². The van der Waals surface area contributed by atoms with Gasteiger partial charge in [-0.1, -0.05) is 13.8 Å². The summed E-state index contributed by atoms with van der Waals surface area (Å²) < 4.78 is 5.57. The van der Waals surface area contributed by atoms with Gasteiger partial charge in [-0.2, -0.15) is 0 Å². The number of amides is 2. The lowest BCUT2D eigenvalue weighted by molar-refractivity contribution is -0.165. The topological polar surface area (TPSA) is 84.5 Å². The first kappa shape index (κ1) is 16.5. The van der Waals surface area contributed by atoms with Gasteiger partial charge in [0.15, 0.2) is 5.60 Å². The summed E-state index contributed by atoms with van der Waals surface area (Å²) in [5.74, 6) is -0.750. The average Bonchev–Trinajstić information content (AvgIpc) is 2.79. The van der Waals surface area contributed by atoms with E-state index < -0.39 is 16.4 Å². The van der Waals surface area contributed by atoms with E-state index in [2.05, 4.69) is 10.6 Å². The van der Waals surface area contributed by atoms with Crippen LogP contribution in [0.2, 0.25) is 0 Å². The number of carbonyl (C=O) groups excluding carboxylic acids is 3. The van der Waals surface area contributed by atoms with E-state index in [1.54, 1.807) is 24.3 Å². The Kier molecular flexibility index (Phi) is 3.48. The SMILES string of the molecule is CC(=O)Nc1ccc(NC(=O)[C@]23CC[C@](C)(C(=O)O2)C3(C)C)cc1. The van der Waals surface area contributed by atoms with Crippen LogP contribution in [0.25, 0.3) is 0 Å². The molecule has 2 atom stereocenters. The van der Waals surface area contributed by atoms with Gasteiger partial charge in [0.2, 0.25) is 5.91 Å². The van der Waals surface area contributed by atoms with Crippen LogP contribution < -0.4 is 10.6 Å². The quantitative estimate of drug-likeness (QED) is 0.835. The average molecular weight is 330 g/mol. The zero-order chi connectivity index (χ0) is 17.8. The standard InChI is InChI=1S/C18H22N2O4/c1-11(21)19-12-5-7-13(8-6-12)20-14(22)18-10-9-17(4,15(23)24-18)16(18,2)3/h5-8H,9-10H2,1-4H3,(H,19,21)(H,20,22)/t17-,18+/m1/s1. The first-order chi connectivity index (χ1) is 11.1. The largest absolute Gasteiger partial charge is 0.448 e. The van der Waals surface area contributed by atoms with Gasteiger partial charge < -0.3 is 15.4 Å². The molecule has 1 saturated heterocycles. The van der Waals surface area contributed by atoms with E-state index in [1.165, 1.54) is 6.92 Å². The van der Waals surface area contributed by atoms with E-state index in [0.29, 0.717) is 24.2 Å². The zero-order valence-corrected chi connectivity index (χ0v) is 14.4. The van der Waals surface area contributed by atoms with E-state index >= 15 is 0 Å². The number of anilines is 2. The fourth-order valence-corrected chi connectivity index (χ4v) is 3.82. The molecule has 0 unspecified atom stereocenters. The Morgan fingerprint density at radius 1 is 1.00 bits per heavy atom. The van der Waals surface area contributed by atoms with Gasteiger partial charge in [0, 0.05) is 23.7 Å². The number of rotatable bonds is 3. The molecule has 6 nitrogen and oxygen atoms in total. The van der Waals surface area contributed by atoms with E-state index in [0.717, 1.165) is 0 Å². The van der Waals surface area contributed by atoms with Crippen LogP contribution in [0, 0.1) is 10.8 Å². The van der Waals surface area contributed by atoms with Gasteiger partial charge in [0.1, 0.15) is 0 Å². The monoisotopic (exact) mass is 330 g/mol. The number of nitrogens with one attached hydrogen (secondary N) is 2. The highest BCUT2D eigenvalue weighted by Gasteiger charge is 2.75. The van der Waals surface area contributed by atoms with Crippen molar-refractivity contribution in [2.75, 3.05) is 10.6 Å². The smallest absolute Gasteiger partial charge is 0.313 e. The molecule has 1 heterocycles. The highest BCUT2D eigenvalue weighted by molar-refractivity contribution is 6.03. The molecular weight excluding hydrogens is 308 g/mol. The van der Waals surface area contributed by atoms with Crippen LogP contribution in [0.4, 0.5) is 11.4 Å². The van der Waals surface area contributed by atoms with Crippen LogP contribution in [-0.4, -0.2) is 23.4 Å². The fourth-order valence-electron chi connectivity index (χ4n) is 3.82. The van der Waals surface area contributed by atoms with Gasteiger partial charge in [-0.15, -0.1) is 0 Å².